The van der Waals surface area contributed by atoms with Crippen LogP contribution in [0.3, 0.4) is 0 Å². The van der Waals surface area contributed by atoms with Gasteiger partial charge in [-0.25, -0.2) is 9.37 Å². The molecule has 2 aliphatic rings. The summed E-state index contributed by atoms with van der Waals surface area (Å²) in [5.41, 5.74) is 13.1. The van der Waals surface area contributed by atoms with Crippen molar-refractivity contribution in [1.29, 1.82) is 0 Å². The van der Waals surface area contributed by atoms with Gasteiger partial charge in [0.05, 0.1) is 11.1 Å². The molecule has 1 aromatic carbocycles. The molecule has 11 heteroatoms. The highest BCUT2D eigenvalue weighted by Gasteiger charge is 2.27. The van der Waals surface area contributed by atoms with Crippen molar-refractivity contribution in [2.75, 3.05) is 22.1 Å². The lowest BCUT2D eigenvalue weighted by Crippen LogP contribution is -2.43. The van der Waals surface area contributed by atoms with Crippen LogP contribution in [-0.2, 0) is 11.8 Å². The second kappa shape index (κ2) is 9.14. The van der Waals surface area contributed by atoms with Crippen molar-refractivity contribution in [3.05, 3.63) is 35.6 Å². The van der Waals surface area contributed by atoms with Gasteiger partial charge >= 0.3 is 0 Å². The Bertz CT molecular complexity index is 1310. The molecule has 5 rings (SSSR count). The Morgan fingerprint density at radius 1 is 1.17 bits per heavy atom. The quantitative estimate of drug-likeness (QED) is 0.425. The van der Waals surface area contributed by atoms with Crippen LogP contribution in [0, 0.1) is 5.82 Å². The summed E-state index contributed by atoms with van der Waals surface area (Å²) in [6.45, 7) is 0.617. The summed E-state index contributed by atoms with van der Waals surface area (Å²) in [6, 6.07) is 6.39. The summed E-state index contributed by atoms with van der Waals surface area (Å²) in [5, 5.41) is 11.6. The molecule has 1 saturated carbocycles. The van der Waals surface area contributed by atoms with Gasteiger partial charge in [0.1, 0.15) is 5.82 Å². The Morgan fingerprint density at radius 2 is 1.97 bits per heavy atom. The van der Waals surface area contributed by atoms with Crippen LogP contribution < -0.4 is 27.0 Å². The predicted octanol–water partition coefficient (Wildman–Crippen LogP) is 2.76. The summed E-state index contributed by atoms with van der Waals surface area (Å²) < 4.78 is 16.6. The van der Waals surface area contributed by atoms with Gasteiger partial charge in [0.15, 0.2) is 17.5 Å². The maximum Gasteiger partial charge on any atom is 0.252 e. The summed E-state index contributed by atoms with van der Waals surface area (Å²) in [7, 11) is 1.82. The normalized spacial score (nSPS) is 20.4. The molecule has 3 aromatic rings. The number of rotatable bonds is 6. The van der Waals surface area contributed by atoms with Crippen LogP contribution >= 0.6 is 0 Å². The van der Waals surface area contributed by atoms with Gasteiger partial charge in [-0.15, -0.1) is 0 Å². The number of anilines is 4. The molecule has 2 atom stereocenters. The first kappa shape index (κ1) is 23.0. The van der Waals surface area contributed by atoms with E-state index in [-0.39, 0.29) is 35.2 Å². The van der Waals surface area contributed by atoms with Gasteiger partial charge in [0.25, 0.3) is 5.91 Å². The zero-order valence-electron chi connectivity index (χ0n) is 19.6. The highest BCUT2D eigenvalue weighted by atomic mass is 19.1. The van der Waals surface area contributed by atoms with Crippen molar-refractivity contribution in [3.8, 4) is 0 Å². The van der Waals surface area contributed by atoms with E-state index in [9.17, 15) is 14.0 Å². The van der Waals surface area contributed by atoms with Crippen LogP contribution in [0.25, 0.3) is 10.9 Å². The standard InChI is InChI=1S/C24H29FN8O2/c1-32-19-9-8-13(11-14(19)24(31-32)33-10-4-7-20(33)34)28-22-15(21(27)35)12-16(25)23(30-22)29-18-6-3-2-5-17(18)26/h8-9,11-12,17-18H,2-7,10,26H2,1H3,(H2,27,35)(H2,28,29,30)/t17-,18+/m0/s1. The number of nitrogens with zero attached hydrogens (tertiary/aromatic N) is 4. The molecular formula is C24H29FN8O2. The topological polar surface area (TPSA) is 144 Å². The molecule has 1 saturated heterocycles. The number of halogens is 1. The van der Waals surface area contributed by atoms with Gasteiger partial charge < -0.3 is 22.1 Å². The van der Waals surface area contributed by atoms with E-state index in [1.54, 1.807) is 15.6 Å². The van der Waals surface area contributed by atoms with Crippen molar-refractivity contribution in [1.82, 2.24) is 14.8 Å². The van der Waals surface area contributed by atoms with E-state index in [2.05, 4.69) is 20.7 Å². The minimum atomic E-state index is -0.800. The number of nitrogens with one attached hydrogen (secondary N) is 2. The lowest BCUT2D eigenvalue weighted by atomic mass is 9.91. The molecule has 2 fully saturated rings. The van der Waals surface area contributed by atoms with Crippen molar-refractivity contribution < 1.29 is 14.0 Å². The number of benzene rings is 1. The average Bonchev–Trinajstić information content (AvgIpc) is 3.39. The molecule has 10 nitrogen and oxygen atoms in total. The zero-order valence-corrected chi connectivity index (χ0v) is 19.6. The monoisotopic (exact) mass is 480 g/mol. The number of nitrogens with two attached hydrogens (primary N) is 2. The van der Waals surface area contributed by atoms with E-state index >= 15 is 0 Å². The van der Waals surface area contributed by atoms with Gasteiger partial charge in [0, 0.05) is 43.2 Å². The molecule has 184 valence electrons. The first-order valence-corrected chi connectivity index (χ1v) is 11.9. The molecule has 3 heterocycles. The molecule has 1 aliphatic carbocycles. The zero-order chi connectivity index (χ0) is 24.7. The minimum absolute atomic E-state index is 0.0191. The first-order valence-electron chi connectivity index (χ1n) is 11.9. The number of fused-ring (bicyclic) bond motifs is 1. The number of hydrogen-bond donors (Lipinski definition) is 4. The van der Waals surface area contributed by atoms with E-state index in [4.69, 9.17) is 11.5 Å². The van der Waals surface area contributed by atoms with Crippen LogP contribution in [-0.4, -0.2) is 45.2 Å². The summed E-state index contributed by atoms with van der Waals surface area (Å²) >= 11 is 0. The van der Waals surface area contributed by atoms with Gasteiger partial charge in [-0.2, -0.15) is 5.10 Å². The number of pyridine rings is 1. The van der Waals surface area contributed by atoms with E-state index in [0.29, 0.717) is 24.5 Å². The van der Waals surface area contributed by atoms with Crippen molar-refractivity contribution in [2.45, 2.75) is 50.6 Å². The van der Waals surface area contributed by atoms with Crippen LogP contribution in [0.2, 0.25) is 0 Å². The first-order chi connectivity index (χ1) is 16.8. The molecule has 2 amide bonds. The lowest BCUT2D eigenvalue weighted by molar-refractivity contribution is -0.117. The van der Waals surface area contributed by atoms with Crippen molar-refractivity contribution >= 4 is 45.9 Å². The van der Waals surface area contributed by atoms with Crippen LogP contribution in [0.5, 0.6) is 0 Å². The second-order valence-corrected chi connectivity index (χ2v) is 9.23. The maximum absolute atomic E-state index is 14.8. The van der Waals surface area contributed by atoms with Gasteiger partial charge in [0.2, 0.25) is 5.91 Å². The SMILES string of the molecule is Cn1nc(N2CCCC2=O)c2cc(Nc3nc(N[C@@H]4CCCC[C@@H]4N)c(F)cc3C(N)=O)ccc21. The molecule has 1 aliphatic heterocycles. The van der Waals surface area contributed by atoms with Crippen molar-refractivity contribution in [3.63, 3.8) is 0 Å². The number of carbonyl (C=O) groups is 2. The fourth-order valence-electron chi connectivity index (χ4n) is 4.92. The van der Waals surface area contributed by atoms with Crippen LogP contribution in [0.4, 0.5) is 27.5 Å². The average molecular weight is 481 g/mol. The fourth-order valence-corrected chi connectivity index (χ4v) is 4.92. The van der Waals surface area contributed by atoms with E-state index in [0.717, 1.165) is 49.1 Å². The minimum Gasteiger partial charge on any atom is -0.365 e. The Balaban J connectivity index is 1.50. The number of aryl methyl sites for hydroxylation is 1. The van der Waals surface area contributed by atoms with Crippen LogP contribution in [0.1, 0.15) is 48.9 Å². The number of carbonyl (C=O) groups excluding carboxylic acids is 2. The third kappa shape index (κ3) is 4.39. The lowest BCUT2D eigenvalue weighted by Gasteiger charge is -2.30. The number of primary amides is 1. The van der Waals surface area contributed by atoms with E-state index in [1.807, 2.05) is 19.2 Å². The molecule has 2 aromatic heterocycles. The Labute approximate surface area is 201 Å². The predicted molar refractivity (Wildman–Crippen MR) is 132 cm³/mol. The summed E-state index contributed by atoms with van der Waals surface area (Å²) in [6.07, 6.45) is 5.01. The second-order valence-electron chi connectivity index (χ2n) is 9.23. The number of hydrogen-bond acceptors (Lipinski definition) is 7. The summed E-state index contributed by atoms with van der Waals surface area (Å²) in [4.78, 5) is 30.5. The largest absolute Gasteiger partial charge is 0.365 e. The van der Waals surface area contributed by atoms with Crippen LogP contribution in [0.15, 0.2) is 24.3 Å². The molecule has 35 heavy (non-hydrogen) atoms. The summed E-state index contributed by atoms with van der Waals surface area (Å²) in [5.74, 6) is -0.690. The Kier molecular flexibility index (Phi) is 6.01. The Hall–Kier alpha value is -3.73. The number of aromatic nitrogens is 3. The number of amides is 2. The Morgan fingerprint density at radius 3 is 2.69 bits per heavy atom. The molecule has 0 radical (unpaired) electrons. The van der Waals surface area contributed by atoms with E-state index < -0.39 is 11.7 Å². The van der Waals surface area contributed by atoms with Gasteiger partial charge in [-0.3, -0.25) is 19.2 Å². The van der Waals surface area contributed by atoms with Gasteiger partial charge in [-0.1, -0.05) is 12.8 Å². The fraction of sp³-hybridized carbons (Fsp3) is 0.417. The maximum atomic E-state index is 14.8. The third-order valence-electron chi connectivity index (χ3n) is 6.81. The molecule has 6 N–H and O–H groups in total. The van der Waals surface area contributed by atoms with E-state index in [1.165, 1.54) is 0 Å². The molecular weight excluding hydrogens is 451 g/mol. The third-order valence-corrected chi connectivity index (χ3v) is 6.81. The smallest absolute Gasteiger partial charge is 0.252 e. The van der Waals surface area contributed by atoms with Gasteiger partial charge in [-0.05, 0) is 43.5 Å². The highest BCUT2D eigenvalue weighted by molar-refractivity contribution is 6.04. The molecule has 0 unspecified atom stereocenters. The van der Waals surface area contributed by atoms with Crippen molar-refractivity contribution in [2.24, 2.45) is 18.5 Å². The molecule has 0 bridgehead atoms. The highest BCUT2D eigenvalue weighted by Crippen LogP contribution is 2.33. The molecule has 0 spiro atoms.